The molecule has 2 aromatic carbocycles. The largest absolute Gasteiger partial charge is 0.484 e. The van der Waals surface area contributed by atoms with Crippen LogP contribution in [-0.2, 0) is 9.59 Å². The highest BCUT2D eigenvalue weighted by atomic mass is 16.5. The number of benzene rings is 2. The molecule has 0 aromatic heterocycles. The molecule has 3 rings (SSSR count). The van der Waals surface area contributed by atoms with Crippen molar-refractivity contribution in [1.29, 1.82) is 0 Å². The molecule has 0 aliphatic carbocycles. The van der Waals surface area contributed by atoms with Gasteiger partial charge < -0.3 is 15.0 Å². The Morgan fingerprint density at radius 1 is 1.19 bits per heavy atom. The fourth-order valence-corrected chi connectivity index (χ4v) is 2.97. The molecule has 0 spiro atoms. The molecule has 5 heteroatoms. The highest BCUT2D eigenvalue weighted by molar-refractivity contribution is 5.97. The van der Waals surface area contributed by atoms with Crippen LogP contribution in [0.3, 0.4) is 0 Å². The number of hydrogen-bond donors (Lipinski definition) is 1. The summed E-state index contributed by atoms with van der Waals surface area (Å²) in [4.78, 5) is 25.7. The van der Waals surface area contributed by atoms with Gasteiger partial charge in [-0.05, 0) is 48.2 Å². The van der Waals surface area contributed by atoms with Crippen molar-refractivity contribution >= 4 is 23.2 Å². The van der Waals surface area contributed by atoms with Crippen LogP contribution in [0.25, 0.3) is 0 Å². The molecule has 1 aliphatic rings. The Morgan fingerprint density at radius 3 is 2.62 bits per heavy atom. The van der Waals surface area contributed by atoms with Gasteiger partial charge in [-0.3, -0.25) is 9.59 Å². The molecule has 0 radical (unpaired) electrons. The van der Waals surface area contributed by atoms with Gasteiger partial charge in [0.05, 0.1) is 0 Å². The number of amides is 2. The van der Waals surface area contributed by atoms with Crippen LogP contribution in [0.4, 0.5) is 11.4 Å². The van der Waals surface area contributed by atoms with E-state index in [-0.39, 0.29) is 18.4 Å². The molecule has 0 atom stereocenters. The number of ether oxygens (including phenoxy) is 1. The number of hydrogen-bond acceptors (Lipinski definition) is 3. The Hall–Kier alpha value is -2.82. The van der Waals surface area contributed by atoms with Gasteiger partial charge in [-0.25, -0.2) is 0 Å². The maximum atomic E-state index is 12.1. The summed E-state index contributed by atoms with van der Waals surface area (Å²) in [6.07, 6.45) is 1.46. The van der Waals surface area contributed by atoms with Gasteiger partial charge in [-0.15, -0.1) is 0 Å². The SMILES string of the molecule is CC(C)c1ccc(OCC(=O)Nc2cccc(N3CCCC3=O)c2)cc1. The van der Waals surface area contributed by atoms with Gasteiger partial charge in [-0.1, -0.05) is 32.0 Å². The van der Waals surface area contributed by atoms with E-state index in [0.29, 0.717) is 23.8 Å². The summed E-state index contributed by atoms with van der Waals surface area (Å²) in [5, 5.41) is 2.82. The van der Waals surface area contributed by atoms with Crippen LogP contribution in [-0.4, -0.2) is 25.0 Å². The molecule has 2 amide bonds. The monoisotopic (exact) mass is 352 g/mol. The molecule has 0 saturated carbocycles. The first-order valence-corrected chi connectivity index (χ1v) is 8.96. The lowest BCUT2D eigenvalue weighted by molar-refractivity contribution is -0.118. The van der Waals surface area contributed by atoms with E-state index >= 15 is 0 Å². The quantitative estimate of drug-likeness (QED) is 0.856. The summed E-state index contributed by atoms with van der Waals surface area (Å²) in [5.74, 6) is 1.02. The van der Waals surface area contributed by atoms with E-state index in [0.717, 1.165) is 18.7 Å². The van der Waals surface area contributed by atoms with Gasteiger partial charge in [0.25, 0.3) is 5.91 Å². The van der Waals surface area contributed by atoms with Crippen LogP contribution in [0.2, 0.25) is 0 Å². The van der Waals surface area contributed by atoms with E-state index in [1.807, 2.05) is 42.5 Å². The van der Waals surface area contributed by atoms with Crippen molar-refractivity contribution in [2.45, 2.75) is 32.6 Å². The standard InChI is InChI=1S/C21H24N2O3/c1-15(2)16-8-10-19(11-9-16)26-14-20(24)22-17-5-3-6-18(13-17)23-12-4-7-21(23)25/h3,5-6,8-11,13,15H,4,7,12,14H2,1-2H3,(H,22,24). The van der Waals surface area contributed by atoms with Gasteiger partial charge in [0.1, 0.15) is 5.75 Å². The number of carbonyl (C=O) groups is 2. The second-order valence-electron chi connectivity index (χ2n) is 6.76. The zero-order valence-corrected chi connectivity index (χ0v) is 15.2. The molecular weight excluding hydrogens is 328 g/mol. The number of anilines is 2. The van der Waals surface area contributed by atoms with Gasteiger partial charge in [-0.2, -0.15) is 0 Å². The fraction of sp³-hybridized carbons (Fsp3) is 0.333. The summed E-state index contributed by atoms with van der Waals surface area (Å²) >= 11 is 0. The van der Waals surface area contributed by atoms with Gasteiger partial charge in [0, 0.05) is 24.3 Å². The van der Waals surface area contributed by atoms with Gasteiger partial charge >= 0.3 is 0 Å². The average Bonchev–Trinajstić information content (AvgIpc) is 3.06. The van der Waals surface area contributed by atoms with E-state index < -0.39 is 0 Å². The first kappa shape index (κ1) is 18.0. The van der Waals surface area contributed by atoms with E-state index in [2.05, 4.69) is 19.2 Å². The van der Waals surface area contributed by atoms with Crippen molar-refractivity contribution in [3.05, 3.63) is 54.1 Å². The third-order valence-electron chi connectivity index (χ3n) is 4.43. The minimum Gasteiger partial charge on any atom is -0.484 e. The molecule has 0 unspecified atom stereocenters. The van der Waals surface area contributed by atoms with Crippen molar-refractivity contribution in [2.24, 2.45) is 0 Å². The normalized spacial score (nSPS) is 14.0. The summed E-state index contributed by atoms with van der Waals surface area (Å²) < 4.78 is 5.55. The third-order valence-corrected chi connectivity index (χ3v) is 4.43. The Labute approximate surface area is 154 Å². The molecule has 0 bridgehead atoms. The summed E-state index contributed by atoms with van der Waals surface area (Å²) in [6, 6.07) is 15.1. The van der Waals surface area contributed by atoms with E-state index in [9.17, 15) is 9.59 Å². The smallest absolute Gasteiger partial charge is 0.262 e. The van der Waals surface area contributed by atoms with E-state index in [1.54, 1.807) is 11.0 Å². The number of carbonyl (C=O) groups excluding carboxylic acids is 2. The summed E-state index contributed by atoms with van der Waals surface area (Å²) in [6.45, 7) is 4.93. The highest BCUT2D eigenvalue weighted by Crippen LogP contribution is 2.24. The Bertz CT molecular complexity index is 784. The van der Waals surface area contributed by atoms with Crippen LogP contribution in [0, 0.1) is 0 Å². The second-order valence-corrected chi connectivity index (χ2v) is 6.76. The molecule has 26 heavy (non-hydrogen) atoms. The molecular formula is C21H24N2O3. The fourth-order valence-electron chi connectivity index (χ4n) is 2.97. The molecule has 5 nitrogen and oxygen atoms in total. The average molecular weight is 352 g/mol. The van der Waals surface area contributed by atoms with Crippen LogP contribution < -0.4 is 15.0 Å². The van der Waals surface area contributed by atoms with Crippen molar-refractivity contribution < 1.29 is 14.3 Å². The van der Waals surface area contributed by atoms with Gasteiger partial charge in [0.2, 0.25) is 5.91 Å². The van der Waals surface area contributed by atoms with Crippen molar-refractivity contribution in [3.63, 3.8) is 0 Å². The minimum atomic E-state index is -0.233. The number of rotatable bonds is 6. The Kier molecular flexibility index (Phi) is 5.56. The maximum Gasteiger partial charge on any atom is 0.262 e. The van der Waals surface area contributed by atoms with Crippen LogP contribution in [0.5, 0.6) is 5.75 Å². The molecule has 1 N–H and O–H groups in total. The predicted octanol–water partition coefficient (Wildman–Crippen LogP) is 3.95. The van der Waals surface area contributed by atoms with Crippen LogP contribution >= 0.6 is 0 Å². The van der Waals surface area contributed by atoms with Crippen molar-refractivity contribution in [1.82, 2.24) is 0 Å². The van der Waals surface area contributed by atoms with Gasteiger partial charge in [0.15, 0.2) is 6.61 Å². The maximum absolute atomic E-state index is 12.1. The molecule has 136 valence electrons. The lowest BCUT2D eigenvalue weighted by Gasteiger charge is -2.17. The predicted molar refractivity (Wildman–Crippen MR) is 103 cm³/mol. The van der Waals surface area contributed by atoms with Crippen molar-refractivity contribution in [3.8, 4) is 5.75 Å². The molecule has 2 aromatic rings. The molecule has 1 saturated heterocycles. The van der Waals surface area contributed by atoms with Crippen LogP contribution in [0.1, 0.15) is 38.2 Å². The number of nitrogens with one attached hydrogen (secondary N) is 1. The number of nitrogens with zero attached hydrogens (tertiary/aromatic N) is 1. The zero-order chi connectivity index (χ0) is 18.5. The first-order valence-electron chi connectivity index (χ1n) is 8.96. The first-order chi connectivity index (χ1) is 12.5. The summed E-state index contributed by atoms with van der Waals surface area (Å²) in [7, 11) is 0. The molecule has 1 aliphatic heterocycles. The summed E-state index contributed by atoms with van der Waals surface area (Å²) in [5.41, 5.74) is 2.71. The molecule has 1 fully saturated rings. The Morgan fingerprint density at radius 2 is 1.96 bits per heavy atom. The lowest BCUT2D eigenvalue weighted by Crippen LogP contribution is -2.24. The topological polar surface area (TPSA) is 58.6 Å². The zero-order valence-electron chi connectivity index (χ0n) is 15.2. The Balaban J connectivity index is 1.55. The third kappa shape index (κ3) is 4.42. The molecule has 1 heterocycles. The van der Waals surface area contributed by atoms with Crippen LogP contribution in [0.15, 0.2) is 48.5 Å². The van der Waals surface area contributed by atoms with E-state index in [1.165, 1.54) is 5.56 Å². The van der Waals surface area contributed by atoms with E-state index in [4.69, 9.17) is 4.74 Å². The second kappa shape index (κ2) is 8.04. The lowest BCUT2D eigenvalue weighted by atomic mass is 10.0. The highest BCUT2D eigenvalue weighted by Gasteiger charge is 2.21. The van der Waals surface area contributed by atoms with Crippen molar-refractivity contribution in [2.75, 3.05) is 23.4 Å². The minimum absolute atomic E-state index is 0.0616.